The van der Waals surface area contributed by atoms with Crippen LogP contribution >= 0.6 is 0 Å². The van der Waals surface area contributed by atoms with E-state index in [4.69, 9.17) is 4.74 Å². The van der Waals surface area contributed by atoms with Crippen molar-refractivity contribution in [1.82, 2.24) is 5.32 Å². The molecule has 0 radical (unpaired) electrons. The first-order valence-electron chi connectivity index (χ1n) is 5.71. The van der Waals surface area contributed by atoms with Gasteiger partial charge in [0, 0.05) is 0 Å². The number of ether oxygens (including phenoxy) is 1. The number of esters is 1. The Labute approximate surface area is 95.8 Å². The van der Waals surface area contributed by atoms with Crippen LogP contribution in [0.25, 0.3) is 0 Å². The zero-order valence-corrected chi connectivity index (χ0v) is 9.53. The molecule has 1 N–H and O–H groups in total. The topological polar surface area (TPSA) is 38.3 Å². The van der Waals surface area contributed by atoms with E-state index in [0.29, 0.717) is 6.61 Å². The Morgan fingerprint density at radius 3 is 2.81 bits per heavy atom. The van der Waals surface area contributed by atoms with Crippen molar-refractivity contribution >= 4 is 5.97 Å². The van der Waals surface area contributed by atoms with Gasteiger partial charge < -0.3 is 10.1 Å². The minimum Gasteiger partial charge on any atom is -0.460 e. The molecule has 1 atom stereocenters. The summed E-state index contributed by atoms with van der Waals surface area (Å²) in [5.41, 5.74) is 2.25. The van der Waals surface area contributed by atoms with Crippen molar-refractivity contribution in [2.45, 2.75) is 32.4 Å². The molecule has 1 fully saturated rings. The SMILES string of the molecule is Cc1ccc(COC(=O)C2CCCN2)cc1. The lowest BCUT2D eigenvalue weighted by molar-refractivity contribution is -0.147. The monoisotopic (exact) mass is 219 g/mol. The fraction of sp³-hybridized carbons (Fsp3) is 0.462. The van der Waals surface area contributed by atoms with E-state index in [1.165, 1.54) is 5.56 Å². The Bertz CT molecular complexity index is 353. The molecule has 3 heteroatoms. The molecule has 0 bridgehead atoms. The molecule has 0 spiro atoms. The van der Waals surface area contributed by atoms with Gasteiger partial charge in [0.15, 0.2) is 0 Å². The number of rotatable bonds is 3. The molecule has 1 aliphatic heterocycles. The van der Waals surface area contributed by atoms with Crippen molar-refractivity contribution < 1.29 is 9.53 Å². The summed E-state index contributed by atoms with van der Waals surface area (Å²) in [6, 6.07) is 7.94. The summed E-state index contributed by atoms with van der Waals surface area (Å²) in [7, 11) is 0. The van der Waals surface area contributed by atoms with Crippen LogP contribution in [0, 0.1) is 6.92 Å². The van der Waals surface area contributed by atoms with Crippen molar-refractivity contribution in [2.75, 3.05) is 6.54 Å². The summed E-state index contributed by atoms with van der Waals surface area (Å²) in [5, 5.41) is 3.13. The van der Waals surface area contributed by atoms with E-state index in [1.807, 2.05) is 31.2 Å². The molecule has 1 aliphatic rings. The molecule has 1 aromatic carbocycles. The molecule has 1 unspecified atom stereocenters. The number of hydrogen-bond donors (Lipinski definition) is 1. The highest BCUT2D eigenvalue weighted by molar-refractivity contribution is 5.76. The average molecular weight is 219 g/mol. The molecule has 0 aliphatic carbocycles. The van der Waals surface area contributed by atoms with Crippen LogP contribution in [0.5, 0.6) is 0 Å². The fourth-order valence-corrected chi connectivity index (χ4v) is 1.83. The van der Waals surface area contributed by atoms with E-state index in [2.05, 4.69) is 5.32 Å². The minimum atomic E-state index is -0.127. The van der Waals surface area contributed by atoms with Crippen LogP contribution in [0.3, 0.4) is 0 Å². The number of nitrogens with one attached hydrogen (secondary N) is 1. The molecule has 1 aromatic rings. The Balaban J connectivity index is 1.82. The van der Waals surface area contributed by atoms with Crippen molar-refractivity contribution in [2.24, 2.45) is 0 Å². The highest BCUT2D eigenvalue weighted by Gasteiger charge is 2.23. The largest absolute Gasteiger partial charge is 0.460 e. The molecule has 3 nitrogen and oxygen atoms in total. The fourth-order valence-electron chi connectivity index (χ4n) is 1.83. The molecule has 0 amide bonds. The molecule has 2 rings (SSSR count). The number of carbonyl (C=O) groups is 1. The summed E-state index contributed by atoms with van der Waals surface area (Å²) in [6.07, 6.45) is 1.96. The number of aryl methyl sites for hydroxylation is 1. The molecular weight excluding hydrogens is 202 g/mol. The summed E-state index contributed by atoms with van der Waals surface area (Å²) in [5.74, 6) is -0.127. The average Bonchev–Trinajstić information content (AvgIpc) is 2.81. The smallest absolute Gasteiger partial charge is 0.323 e. The second kappa shape index (κ2) is 5.12. The van der Waals surface area contributed by atoms with Gasteiger partial charge in [-0.25, -0.2) is 0 Å². The zero-order chi connectivity index (χ0) is 11.4. The van der Waals surface area contributed by atoms with Crippen molar-refractivity contribution in [1.29, 1.82) is 0 Å². The van der Waals surface area contributed by atoms with Crippen molar-refractivity contribution in [3.8, 4) is 0 Å². The molecule has 86 valence electrons. The van der Waals surface area contributed by atoms with Crippen LogP contribution in [-0.4, -0.2) is 18.6 Å². The maximum Gasteiger partial charge on any atom is 0.323 e. The summed E-state index contributed by atoms with van der Waals surface area (Å²) in [6.45, 7) is 3.33. The second-order valence-corrected chi connectivity index (χ2v) is 4.24. The van der Waals surface area contributed by atoms with Gasteiger partial charge in [0.05, 0.1) is 0 Å². The molecule has 0 aromatic heterocycles. The molecule has 0 saturated carbocycles. The van der Waals surface area contributed by atoms with Crippen LogP contribution in [0.2, 0.25) is 0 Å². The summed E-state index contributed by atoms with van der Waals surface area (Å²) < 4.78 is 5.25. The van der Waals surface area contributed by atoms with Gasteiger partial charge in [0.1, 0.15) is 12.6 Å². The highest BCUT2D eigenvalue weighted by Crippen LogP contribution is 2.09. The van der Waals surface area contributed by atoms with E-state index < -0.39 is 0 Å². The van der Waals surface area contributed by atoms with E-state index >= 15 is 0 Å². The standard InChI is InChI=1S/C13H17NO2/c1-10-4-6-11(7-5-10)9-16-13(15)12-3-2-8-14-12/h4-7,12,14H,2-3,8-9H2,1H3. The first kappa shape index (κ1) is 11.1. The predicted molar refractivity (Wildman–Crippen MR) is 62.0 cm³/mol. The Morgan fingerprint density at radius 1 is 1.44 bits per heavy atom. The first-order valence-corrected chi connectivity index (χ1v) is 5.71. The Kier molecular flexibility index (Phi) is 3.57. The summed E-state index contributed by atoms with van der Waals surface area (Å²) >= 11 is 0. The molecule has 1 heterocycles. The van der Waals surface area contributed by atoms with Gasteiger partial charge in [-0.2, -0.15) is 0 Å². The normalized spacial score (nSPS) is 19.7. The molecule has 1 saturated heterocycles. The van der Waals surface area contributed by atoms with Crippen LogP contribution in [-0.2, 0) is 16.1 Å². The van der Waals surface area contributed by atoms with E-state index in [0.717, 1.165) is 24.9 Å². The lowest BCUT2D eigenvalue weighted by atomic mass is 10.2. The summed E-state index contributed by atoms with van der Waals surface area (Å²) in [4.78, 5) is 11.6. The third-order valence-corrected chi connectivity index (χ3v) is 2.85. The minimum absolute atomic E-state index is 0.0922. The maximum absolute atomic E-state index is 11.6. The van der Waals surface area contributed by atoms with Crippen LogP contribution < -0.4 is 5.32 Å². The van der Waals surface area contributed by atoms with Gasteiger partial charge >= 0.3 is 5.97 Å². The van der Waals surface area contributed by atoms with E-state index in [9.17, 15) is 4.79 Å². The Morgan fingerprint density at radius 2 is 2.19 bits per heavy atom. The number of benzene rings is 1. The van der Waals surface area contributed by atoms with Gasteiger partial charge in [0.25, 0.3) is 0 Å². The van der Waals surface area contributed by atoms with Gasteiger partial charge in [-0.1, -0.05) is 29.8 Å². The van der Waals surface area contributed by atoms with Crippen LogP contribution in [0.15, 0.2) is 24.3 Å². The van der Waals surface area contributed by atoms with Crippen LogP contribution in [0.1, 0.15) is 24.0 Å². The number of carbonyl (C=O) groups excluding carboxylic acids is 1. The van der Waals surface area contributed by atoms with Crippen molar-refractivity contribution in [3.63, 3.8) is 0 Å². The highest BCUT2D eigenvalue weighted by atomic mass is 16.5. The van der Waals surface area contributed by atoms with E-state index in [-0.39, 0.29) is 12.0 Å². The van der Waals surface area contributed by atoms with Gasteiger partial charge in [0.2, 0.25) is 0 Å². The van der Waals surface area contributed by atoms with E-state index in [1.54, 1.807) is 0 Å². The molecule has 16 heavy (non-hydrogen) atoms. The molecular formula is C13H17NO2. The third-order valence-electron chi connectivity index (χ3n) is 2.85. The maximum atomic E-state index is 11.6. The Hall–Kier alpha value is -1.35. The van der Waals surface area contributed by atoms with Crippen molar-refractivity contribution in [3.05, 3.63) is 35.4 Å². The first-order chi connectivity index (χ1) is 7.75. The van der Waals surface area contributed by atoms with Crippen LogP contribution in [0.4, 0.5) is 0 Å². The lowest BCUT2D eigenvalue weighted by Crippen LogP contribution is -2.32. The second-order valence-electron chi connectivity index (χ2n) is 4.24. The number of hydrogen-bond acceptors (Lipinski definition) is 3. The predicted octanol–water partition coefficient (Wildman–Crippen LogP) is 1.79. The zero-order valence-electron chi connectivity index (χ0n) is 9.53. The van der Waals surface area contributed by atoms with Gasteiger partial charge in [-0.15, -0.1) is 0 Å². The lowest BCUT2D eigenvalue weighted by Gasteiger charge is -2.10. The quantitative estimate of drug-likeness (QED) is 0.788. The van der Waals surface area contributed by atoms with Gasteiger partial charge in [-0.05, 0) is 31.9 Å². The third kappa shape index (κ3) is 2.83. The van der Waals surface area contributed by atoms with Gasteiger partial charge in [-0.3, -0.25) is 4.79 Å².